The zero-order valence-electron chi connectivity index (χ0n) is 16.2. The molecule has 1 aliphatic rings. The van der Waals surface area contributed by atoms with Gasteiger partial charge in [-0.25, -0.2) is 9.97 Å². The summed E-state index contributed by atoms with van der Waals surface area (Å²) in [5, 5.41) is 3.49. The third-order valence-corrected chi connectivity index (χ3v) is 5.04. The maximum Gasteiger partial charge on any atom is 0.181 e. The lowest BCUT2D eigenvalue weighted by Gasteiger charge is -2.33. The Balaban J connectivity index is 1.87. The summed E-state index contributed by atoms with van der Waals surface area (Å²) in [7, 11) is 2.18. The van der Waals surface area contributed by atoms with Crippen LogP contribution in [0.25, 0.3) is 16.7 Å². The van der Waals surface area contributed by atoms with Crippen LogP contribution in [0.1, 0.15) is 26.5 Å². The van der Waals surface area contributed by atoms with E-state index < -0.39 is 0 Å². The molecule has 1 N–H and O–H groups in total. The molecule has 0 unspecified atom stereocenters. The first kappa shape index (κ1) is 17.1. The van der Waals surface area contributed by atoms with Gasteiger partial charge >= 0.3 is 0 Å². The predicted molar refractivity (Wildman–Crippen MR) is 108 cm³/mol. The minimum Gasteiger partial charge on any atom is -0.383 e. The largest absolute Gasteiger partial charge is 0.383 e. The van der Waals surface area contributed by atoms with Gasteiger partial charge in [-0.3, -0.25) is 4.40 Å². The topological polar surface area (TPSA) is 48.7 Å². The Hall–Kier alpha value is -2.34. The Kier molecular flexibility index (Phi) is 4.44. The molecule has 1 saturated heterocycles. The molecule has 0 spiro atoms. The smallest absolute Gasteiger partial charge is 0.181 e. The highest BCUT2D eigenvalue weighted by Crippen LogP contribution is 2.27. The first-order valence-corrected chi connectivity index (χ1v) is 9.57. The fourth-order valence-corrected chi connectivity index (χ4v) is 3.57. The van der Waals surface area contributed by atoms with Crippen molar-refractivity contribution in [3.63, 3.8) is 0 Å². The van der Waals surface area contributed by atoms with Crippen LogP contribution in [0.5, 0.6) is 0 Å². The molecule has 0 atom stereocenters. The molecular weight excluding hydrogens is 324 g/mol. The van der Waals surface area contributed by atoms with Gasteiger partial charge in [-0.05, 0) is 45.5 Å². The van der Waals surface area contributed by atoms with Gasteiger partial charge < -0.3 is 15.1 Å². The number of piperazine rings is 1. The number of imidazole rings is 1. The summed E-state index contributed by atoms with van der Waals surface area (Å²) in [6.07, 6.45) is 3.09. The van der Waals surface area contributed by atoms with Crippen LogP contribution in [0.15, 0.2) is 24.4 Å². The highest BCUT2D eigenvalue weighted by Gasteiger charge is 2.21. The van der Waals surface area contributed by atoms with E-state index in [0.29, 0.717) is 6.04 Å². The number of likely N-dealkylation sites (N-methyl/N-ethyl adjacent to an activating group) is 1. The van der Waals surface area contributed by atoms with Crippen LogP contribution in [0.3, 0.4) is 0 Å². The Labute approximate surface area is 154 Å². The van der Waals surface area contributed by atoms with Crippen LogP contribution in [-0.2, 0) is 6.42 Å². The summed E-state index contributed by atoms with van der Waals surface area (Å²) in [5.74, 6) is 1.01. The van der Waals surface area contributed by atoms with E-state index in [4.69, 9.17) is 9.97 Å². The average Bonchev–Trinajstić information content (AvgIpc) is 3.06. The highest BCUT2D eigenvalue weighted by molar-refractivity contribution is 5.86. The first-order chi connectivity index (χ1) is 12.5. The molecule has 0 saturated carbocycles. The lowest BCUT2D eigenvalue weighted by atomic mass is 10.2. The fraction of sp³-hybridized carbons (Fsp3) is 0.500. The van der Waals surface area contributed by atoms with Gasteiger partial charge in [0.2, 0.25) is 0 Å². The second-order valence-electron chi connectivity index (χ2n) is 7.51. The Bertz CT molecular complexity index is 921. The van der Waals surface area contributed by atoms with E-state index in [9.17, 15) is 0 Å². The number of nitrogens with one attached hydrogen (secondary N) is 1. The summed E-state index contributed by atoms with van der Waals surface area (Å²) in [4.78, 5) is 14.6. The third-order valence-electron chi connectivity index (χ3n) is 5.04. The second-order valence-corrected chi connectivity index (χ2v) is 7.51. The molecule has 0 aliphatic carbocycles. The number of aryl methyl sites for hydroxylation is 1. The van der Waals surface area contributed by atoms with E-state index in [0.717, 1.165) is 66.5 Å². The van der Waals surface area contributed by atoms with Crippen LogP contribution in [-0.4, -0.2) is 58.5 Å². The number of hydrogen-bond acceptors (Lipinski definition) is 5. The second kappa shape index (κ2) is 6.76. The number of aromatic nitrogens is 3. The predicted octanol–water partition coefficient (Wildman–Crippen LogP) is 3.02. The van der Waals surface area contributed by atoms with Crippen molar-refractivity contribution in [2.24, 2.45) is 0 Å². The van der Waals surface area contributed by atoms with Crippen molar-refractivity contribution >= 4 is 28.2 Å². The van der Waals surface area contributed by atoms with Crippen LogP contribution >= 0.6 is 0 Å². The SMILES string of the molecule is CCc1cn2c(n1)c(N1CCN(C)CC1)nc1ccc(NC(C)C)cc12. The number of hydrogen-bond donors (Lipinski definition) is 1. The Morgan fingerprint density at radius 1 is 1.12 bits per heavy atom. The highest BCUT2D eigenvalue weighted by atomic mass is 15.3. The molecular formula is C20H28N6. The van der Waals surface area contributed by atoms with Gasteiger partial charge in [0.1, 0.15) is 0 Å². The van der Waals surface area contributed by atoms with Crippen molar-refractivity contribution in [1.29, 1.82) is 0 Å². The van der Waals surface area contributed by atoms with Crippen molar-refractivity contribution in [3.05, 3.63) is 30.1 Å². The normalized spacial score (nSPS) is 16.1. The summed E-state index contributed by atoms with van der Waals surface area (Å²) in [6.45, 7) is 10.6. The van der Waals surface area contributed by atoms with Crippen LogP contribution in [0.2, 0.25) is 0 Å². The van der Waals surface area contributed by atoms with E-state index in [1.807, 2.05) is 0 Å². The standard InChI is InChI=1S/C20H28N6/c1-5-15-13-26-18-12-16(21-14(2)3)6-7-17(18)23-19(20(26)22-15)25-10-8-24(4)9-11-25/h6-7,12-14,21H,5,8-11H2,1-4H3. The van der Waals surface area contributed by atoms with Crippen molar-refractivity contribution in [3.8, 4) is 0 Å². The molecule has 26 heavy (non-hydrogen) atoms. The summed E-state index contributed by atoms with van der Waals surface area (Å²) in [6, 6.07) is 6.82. The van der Waals surface area contributed by atoms with Crippen LogP contribution in [0.4, 0.5) is 11.5 Å². The van der Waals surface area contributed by atoms with Crippen molar-refractivity contribution < 1.29 is 0 Å². The van der Waals surface area contributed by atoms with Gasteiger partial charge in [0, 0.05) is 44.1 Å². The molecule has 1 aliphatic heterocycles. The van der Waals surface area contributed by atoms with E-state index in [1.54, 1.807) is 0 Å². The van der Waals surface area contributed by atoms with Gasteiger partial charge in [-0.15, -0.1) is 0 Å². The Morgan fingerprint density at radius 2 is 1.88 bits per heavy atom. The van der Waals surface area contributed by atoms with Gasteiger partial charge in [-0.1, -0.05) is 6.92 Å². The number of fused-ring (bicyclic) bond motifs is 3. The molecule has 0 amide bonds. The molecule has 138 valence electrons. The molecule has 3 heterocycles. The molecule has 6 nitrogen and oxygen atoms in total. The van der Waals surface area contributed by atoms with Gasteiger partial charge in [0.15, 0.2) is 11.5 Å². The molecule has 1 aromatic carbocycles. The molecule has 6 heteroatoms. The third kappa shape index (κ3) is 3.09. The van der Waals surface area contributed by atoms with Gasteiger partial charge in [-0.2, -0.15) is 0 Å². The van der Waals surface area contributed by atoms with E-state index in [2.05, 4.69) is 71.7 Å². The quantitative estimate of drug-likeness (QED) is 0.782. The molecule has 1 fully saturated rings. The fourth-order valence-electron chi connectivity index (χ4n) is 3.57. The first-order valence-electron chi connectivity index (χ1n) is 9.57. The van der Waals surface area contributed by atoms with Crippen LogP contribution in [0, 0.1) is 0 Å². The molecule has 4 rings (SSSR count). The maximum atomic E-state index is 5.02. The minimum atomic E-state index is 0.398. The molecule has 3 aromatic rings. The van der Waals surface area contributed by atoms with Gasteiger partial charge in [0.05, 0.1) is 16.7 Å². The average molecular weight is 352 g/mol. The van der Waals surface area contributed by atoms with Crippen molar-refractivity contribution in [2.75, 3.05) is 43.4 Å². The zero-order chi connectivity index (χ0) is 18.3. The molecule has 0 bridgehead atoms. The number of rotatable bonds is 4. The molecule has 2 aromatic heterocycles. The lowest BCUT2D eigenvalue weighted by molar-refractivity contribution is 0.312. The number of nitrogens with zero attached hydrogens (tertiary/aromatic N) is 5. The van der Waals surface area contributed by atoms with Crippen molar-refractivity contribution in [1.82, 2.24) is 19.3 Å². The zero-order valence-corrected chi connectivity index (χ0v) is 16.2. The maximum absolute atomic E-state index is 5.02. The van der Waals surface area contributed by atoms with Crippen molar-refractivity contribution in [2.45, 2.75) is 33.2 Å². The van der Waals surface area contributed by atoms with E-state index in [-0.39, 0.29) is 0 Å². The summed E-state index contributed by atoms with van der Waals surface area (Å²) in [5.41, 5.74) is 5.32. The number of benzene rings is 1. The van der Waals surface area contributed by atoms with Crippen LogP contribution < -0.4 is 10.2 Å². The minimum absolute atomic E-state index is 0.398. The Morgan fingerprint density at radius 3 is 2.58 bits per heavy atom. The van der Waals surface area contributed by atoms with Gasteiger partial charge in [0.25, 0.3) is 0 Å². The molecule has 0 radical (unpaired) electrons. The number of anilines is 2. The lowest BCUT2D eigenvalue weighted by Crippen LogP contribution is -2.45. The summed E-state index contributed by atoms with van der Waals surface area (Å²) < 4.78 is 2.22. The summed E-state index contributed by atoms with van der Waals surface area (Å²) >= 11 is 0. The van der Waals surface area contributed by atoms with E-state index >= 15 is 0 Å². The monoisotopic (exact) mass is 352 g/mol. The van der Waals surface area contributed by atoms with E-state index in [1.165, 1.54) is 0 Å².